The summed E-state index contributed by atoms with van der Waals surface area (Å²) in [6.45, 7) is 0. The van der Waals surface area contributed by atoms with E-state index in [0.29, 0.717) is 0 Å². The van der Waals surface area contributed by atoms with Gasteiger partial charge in [0.15, 0.2) is 0 Å². The van der Waals surface area contributed by atoms with E-state index >= 15 is 0 Å². The van der Waals surface area contributed by atoms with Gasteiger partial charge in [0.1, 0.15) is 0 Å². The van der Waals surface area contributed by atoms with Crippen LogP contribution in [-0.2, 0) is 9.59 Å². The second-order valence-corrected chi connectivity index (χ2v) is 5.97. The maximum Gasteiger partial charge on any atom is 0.238 e. The molecule has 2 aromatic carbocycles. The highest BCUT2D eigenvalue weighted by Crippen LogP contribution is 2.45. The molecule has 0 saturated carbocycles. The number of hydrogen-bond donors (Lipinski definition) is 0. The number of amides is 2. The highest BCUT2D eigenvalue weighted by molar-refractivity contribution is 6.23. The minimum absolute atomic E-state index is 0.136. The van der Waals surface area contributed by atoms with Crippen molar-refractivity contribution in [2.45, 2.75) is 6.04 Å². The lowest BCUT2D eigenvalue weighted by Gasteiger charge is -2.15. The number of carbonyl (C=O) groups excluding carboxylic acids is 2. The van der Waals surface area contributed by atoms with Crippen LogP contribution in [-0.4, -0.2) is 29.5 Å². The van der Waals surface area contributed by atoms with E-state index in [1.54, 1.807) is 7.05 Å². The van der Waals surface area contributed by atoms with Gasteiger partial charge >= 0.3 is 0 Å². The topological polar surface area (TPSA) is 49.7 Å². The van der Waals surface area contributed by atoms with E-state index in [2.05, 4.69) is 0 Å². The summed E-state index contributed by atoms with van der Waals surface area (Å²) >= 11 is 0. The number of rotatable bonds is 2. The fourth-order valence-corrected chi connectivity index (χ4v) is 3.55. The molecule has 4 heteroatoms. The second kappa shape index (κ2) is 5.16. The van der Waals surface area contributed by atoms with Crippen LogP contribution >= 0.6 is 0 Å². The molecule has 2 aromatic rings. The van der Waals surface area contributed by atoms with Crippen molar-refractivity contribution >= 4 is 17.5 Å². The van der Waals surface area contributed by atoms with Gasteiger partial charge in [-0.05, 0) is 11.1 Å². The maximum atomic E-state index is 12.6. The quantitative estimate of drug-likeness (QED) is 0.800. The Morgan fingerprint density at radius 1 is 0.870 bits per heavy atom. The van der Waals surface area contributed by atoms with Crippen LogP contribution in [0.15, 0.2) is 65.7 Å². The van der Waals surface area contributed by atoms with Gasteiger partial charge in [0.2, 0.25) is 11.8 Å². The Hall–Kier alpha value is -2.75. The first-order chi connectivity index (χ1) is 11.2. The van der Waals surface area contributed by atoms with Crippen LogP contribution in [0.3, 0.4) is 0 Å². The van der Waals surface area contributed by atoms with E-state index < -0.39 is 11.8 Å². The highest BCUT2D eigenvalue weighted by atomic mass is 16.2. The summed E-state index contributed by atoms with van der Waals surface area (Å²) in [5.74, 6) is -1.19. The number of hydrogen-bond acceptors (Lipinski definition) is 3. The number of aliphatic imine (C=N–C) groups is 1. The van der Waals surface area contributed by atoms with Crippen molar-refractivity contribution in [2.75, 3.05) is 7.05 Å². The van der Waals surface area contributed by atoms with Crippen LogP contribution in [0, 0.1) is 11.8 Å². The third-order valence-electron chi connectivity index (χ3n) is 4.70. The fraction of sp³-hybridized carbons (Fsp3) is 0.211. The van der Waals surface area contributed by atoms with E-state index in [1.165, 1.54) is 4.90 Å². The monoisotopic (exact) mass is 304 g/mol. The smallest absolute Gasteiger partial charge is 0.238 e. The zero-order valence-electron chi connectivity index (χ0n) is 12.7. The normalized spacial score (nSPS) is 26.4. The van der Waals surface area contributed by atoms with Gasteiger partial charge in [-0.25, -0.2) is 0 Å². The SMILES string of the molecule is CN1C(=O)[C@@H]2C(c3ccccc3)=N[C@@H](c3ccccc3)[C@@H]2C1=O. The van der Waals surface area contributed by atoms with Crippen molar-refractivity contribution in [1.82, 2.24) is 4.90 Å². The summed E-state index contributed by atoms with van der Waals surface area (Å²) in [5.41, 5.74) is 2.62. The first-order valence-corrected chi connectivity index (χ1v) is 7.68. The van der Waals surface area contributed by atoms with E-state index in [1.807, 2.05) is 60.7 Å². The van der Waals surface area contributed by atoms with Crippen LogP contribution in [0.2, 0.25) is 0 Å². The Balaban J connectivity index is 1.86. The average molecular weight is 304 g/mol. The molecule has 23 heavy (non-hydrogen) atoms. The summed E-state index contributed by atoms with van der Waals surface area (Å²) < 4.78 is 0. The third kappa shape index (κ3) is 2.02. The van der Waals surface area contributed by atoms with Gasteiger partial charge < -0.3 is 0 Å². The molecule has 114 valence electrons. The van der Waals surface area contributed by atoms with Crippen LogP contribution in [0.1, 0.15) is 17.2 Å². The molecule has 0 unspecified atom stereocenters. The molecule has 3 atom stereocenters. The Kier molecular flexibility index (Phi) is 3.11. The predicted molar refractivity (Wildman–Crippen MR) is 86.9 cm³/mol. The van der Waals surface area contributed by atoms with Crippen molar-refractivity contribution in [1.29, 1.82) is 0 Å². The Bertz CT molecular complexity index is 799. The lowest BCUT2D eigenvalue weighted by atomic mass is 9.84. The molecule has 0 radical (unpaired) electrons. The molecule has 0 N–H and O–H groups in total. The lowest BCUT2D eigenvalue weighted by Crippen LogP contribution is -2.29. The molecule has 1 saturated heterocycles. The van der Waals surface area contributed by atoms with Crippen LogP contribution in [0.4, 0.5) is 0 Å². The zero-order valence-corrected chi connectivity index (χ0v) is 12.7. The van der Waals surface area contributed by atoms with Gasteiger partial charge in [0.25, 0.3) is 0 Å². The summed E-state index contributed by atoms with van der Waals surface area (Å²) in [7, 11) is 1.56. The van der Waals surface area contributed by atoms with Crippen molar-refractivity contribution in [3.05, 3.63) is 71.8 Å². The van der Waals surface area contributed by atoms with E-state index in [0.717, 1.165) is 16.8 Å². The first-order valence-electron chi connectivity index (χ1n) is 7.68. The molecule has 0 spiro atoms. The van der Waals surface area contributed by atoms with Crippen LogP contribution in [0.5, 0.6) is 0 Å². The Labute approximate surface area is 134 Å². The largest absolute Gasteiger partial charge is 0.285 e. The summed E-state index contributed by atoms with van der Waals surface area (Å²) in [6.07, 6.45) is 0. The summed E-state index contributed by atoms with van der Waals surface area (Å²) in [6, 6.07) is 19.1. The first kappa shape index (κ1) is 13.9. The van der Waals surface area contributed by atoms with E-state index in [-0.39, 0.29) is 17.9 Å². The molecule has 4 rings (SSSR count). The summed E-state index contributed by atoms with van der Waals surface area (Å²) in [4.78, 5) is 31.2. The van der Waals surface area contributed by atoms with Gasteiger partial charge in [-0.2, -0.15) is 0 Å². The van der Waals surface area contributed by atoms with Gasteiger partial charge in [0, 0.05) is 7.05 Å². The second-order valence-electron chi connectivity index (χ2n) is 5.97. The van der Waals surface area contributed by atoms with Gasteiger partial charge in [-0.1, -0.05) is 60.7 Å². The van der Waals surface area contributed by atoms with Crippen LogP contribution in [0.25, 0.3) is 0 Å². The molecule has 1 fully saturated rings. The van der Waals surface area contributed by atoms with Crippen LogP contribution < -0.4 is 0 Å². The minimum atomic E-state index is -0.472. The molecular weight excluding hydrogens is 288 g/mol. The van der Waals surface area contributed by atoms with E-state index in [4.69, 9.17) is 4.99 Å². The number of nitrogens with zero attached hydrogens (tertiary/aromatic N) is 2. The lowest BCUT2D eigenvalue weighted by molar-refractivity contribution is -0.138. The number of imide groups is 1. The molecule has 2 amide bonds. The zero-order chi connectivity index (χ0) is 16.0. The highest BCUT2D eigenvalue weighted by Gasteiger charge is 2.55. The molecular formula is C19H16N2O2. The fourth-order valence-electron chi connectivity index (χ4n) is 3.55. The summed E-state index contributed by atoms with van der Waals surface area (Å²) in [5, 5.41) is 0. The molecule has 2 heterocycles. The number of fused-ring (bicyclic) bond motifs is 1. The van der Waals surface area contributed by atoms with Crippen molar-refractivity contribution in [2.24, 2.45) is 16.8 Å². The van der Waals surface area contributed by atoms with Gasteiger partial charge in [-0.3, -0.25) is 19.5 Å². The molecule has 4 nitrogen and oxygen atoms in total. The minimum Gasteiger partial charge on any atom is -0.285 e. The molecule has 0 aliphatic carbocycles. The molecule has 0 bridgehead atoms. The number of likely N-dealkylation sites (tertiary alicyclic amines) is 1. The van der Waals surface area contributed by atoms with Crippen molar-refractivity contribution in [3.8, 4) is 0 Å². The number of carbonyl (C=O) groups is 2. The van der Waals surface area contributed by atoms with Crippen molar-refractivity contribution in [3.63, 3.8) is 0 Å². The molecule has 2 aliphatic rings. The van der Waals surface area contributed by atoms with E-state index in [9.17, 15) is 9.59 Å². The average Bonchev–Trinajstić information content (AvgIpc) is 3.10. The third-order valence-corrected chi connectivity index (χ3v) is 4.70. The predicted octanol–water partition coefficient (Wildman–Crippen LogP) is 2.46. The standard InChI is InChI=1S/C19H16N2O2/c1-21-18(22)14-15(19(21)23)17(13-10-6-3-7-11-13)20-16(14)12-8-4-2-5-9-12/h2-11,14-16H,1H3/t14-,15+,16+/m1/s1. The van der Waals surface area contributed by atoms with Crippen molar-refractivity contribution < 1.29 is 9.59 Å². The molecule has 2 aliphatic heterocycles. The van der Waals surface area contributed by atoms with Gasteiger partial charge in [0.05, 0.1) is 23.6 Å². The number of benzene rings is 2. The Morgan fingerprint density at radius 3 is 2.13 bits per heavy atom. The Morgan fingerprint density at radius 2 is 1.48 bits per heavy atom. The van der Waals surface area contributed by atoms with Gasteiger partial charge in [-0.15, -0.1) is 0 Å². The molecule has 0 aromatic heterocycles. The maximum absolute atomic E-state index is 12.6.